The standard InChI is InChI=1S/C29H27FN4O3S/c1-19-25-27(31-18-34(28(25)35)16-21-6-4-7-22(30)14-21)38-26(19)29(36)33(17-24-8-5-13-37-24)15-20-9-11-23(12-10-20)32(2)3/h4-14,18H,15-17H2,1-3H3. The summed E-state index contributed by atoms with van der Waals surface area (Å²) >= 11 is 1.21. The minimum atomic E-state index is -0.364. The molecule has 3 aromatic heterocycles. The number of aromatic nitrogens is 2. The summed E-state index contributed by atoms with van der Waals surface area (Å²) in [5.41, 5.74) is 3.03. The molecule has 1 amide bonds. The Bertz CT molecular complexity index is 1640. The average molecular weight is 531 g/mol. The van der Waals surface area contributed by atoms with E-state index in [4.69, 9.17) is 4.42 Å². The van der Waals surface area contributed by atoms with Gasteiger partial charge in [-0.15, -0.1) is 11.3 Å². The van der Waals surface area contributed by atoms with Crippen molar-refractivity contribution in [1.29, 1.82) is 0 Å². The lowest BCUT2D eigenvalue weighted by molar-refractivity contribution is 0.0722. The Balaban J connectivity index is 1.48. The zero-order valence-electron chi connectivity index (χ0n) is 21.3. The number of hydrogen-bond donors (Lipinski definition) is 0. The van der Waals surface area contributed by atoms with Gasteiger partial charge in [-0.3, -0.25) is 14.2 Å². The van der Waals surface area contributed by atoms with Crippen molar-refractivity contribution in [3.05, 3.63) is 117 Å². The van der Waals surface area contributed by atoms with Crippen molar-refractivity contribution in [2.75, 3.05) is 19.0 Å². The maximum absolute atomic E-state index is 13.9. The highest BCUT2D eigenvalue weighted by molar-refractivity contribution is 7.20. The second kappa shape index (κ2) is 10.6. The quantitative estimate of drug-likeness (QED) is 0.267. The summed E-state index contributed by atoms with van der Waals surface area (Å²) in [5.74, 6) is 0.101. The number of halogens is 1. The highest BCUT2D eigenvalue weighted by atomic mass is 32.1. The predicted octanol–water partition coefficient (Wildman–Crippen LogP) is 5.46. The summed E-state index contributed by atoms with van der Waals surface area (Å²) in [7, 11) is 3.96. The van der Waals surface area contributed by atoms with Gasteiger partial charge in [0.1, 0.15) is 16.4 Å². The van der Waals surface area contributed by atoms with Crippen LogP contribution in [0.5, 0.6) is 0 Å². The molecule has 0 fully saturated rings. The van der Waals surface area contributed by atoms with Crippen LogP contribution in [0.25, 0.3) is 10.2 Å². The molecule has 0 bridgehead atoms. The van der Waals surface area contributed by atoms with Gasteiger partial charge in [0.05, 0.1) is 35.9 Å². The highest BCUT2D eigenvalue weighted by Crippen LogP contribution is 2.29. The maximum atomic E-state index is 13.9. The van der Waals surface area contributed by atoms with Crippen LogP contribution >= 0.6 is 11.3 Å². The second-order valence-electron chi connectivity index (χ2n) is 9.35. The number of benzene rings is 2. The van der Waals surface area contributed by atoms with Gasteiger partial charge in [-0.2, -0.15) is 0 Å². The van der Waals surface area contributed by atoms with Crippen molar-refractivity contribution in [2.24, 2.45) is 0 Å². The zero-order valence-corrected chi connectivity index (χ0v) is 22.2. The first-order chi connectivity index (χ1) is 18.3. The summed E-state index contributed by atoms with van der Waals surface area (Å²) in [4.78, 5) is 36.4. The van der Waals surface area contributed by atoms with Gasteiger partial charge in [-0.25, -0.2) is 9.37 Å². The summed E-state index contributed by atoms with van der Waals surface area (Å²) in [6, 6.07) is 17.8. The van der Waals surface area contributed by atoms with E-state index in [0.29, 0.717) is 38.5 Å². The molecule has 0 unspecified atom stereocenters. The molecule has 0 saturated heterocycles. The summed E-state index contributed by atoms with van der Waals surface area (Å²) in [6.07, 6.45) is 3.03. The van der Waals surface area contributed by atoms with Crippen molar-refractivity contribution >= 4 is 33.1 Å². The number of hydrogen-bond acceptors (Lipinski definition) is 6. The SMILES string of the molecule is Cc1c(C(=O)N(Cc2ccc(N(C)C)cc2)Cc2ccco2)sc2ncn(Cc3cccc(F)c3)c(=O)c12. The molecule has 0 aliphatic carbocycles. The number of anilines is 1. The minimum absolute atomic E-state index is 0.186. The van der Waals surface area contributed by atoms with Gasteiger partial charge in [-0.05, 0) is 60.0 Å². The van der Waals surface area contributed by atoms with E-state index in [1.165, 1.54) is 34.4 Å². The first-order valence-corrected chi connectivity index (χ1v) is 12.9. The summed E-state index contributed by atoms with van der Waals surface area (Å²) < 4.78 is 20.6. The van der Waals surface area contributed by atoms with Crippen molar-refractivity contribution in [2.45, 2.75) is 26.6 Å². The predicted molar refractivity (Wildman–Crippen MR) is 147 cm³/mol. The fourth-order valence-electron chi connectivity index (χ4n) is 4.36. The first-order valence-electron chi connectivity index (χ1n) is 12.1. The molecule has 9 heteroatoms. The van der Waals surface area contributed by atoms with Crippen LogP contribution in [-0.4, -0.2) is 34.5 Å². The first kappa shape index (κ1) is 25.4. The van der Waals surface area contributed by atoms with Crippen LogP contribution in [0.4, 0.5) is 10.1 Å². The number of thiophene rings is 1. The highest BCUT2D eigenvalue weighted by Gasteiger charge is 2.25. The third-order valence-corrected chi connectivity index (χ3v) is 7.58. The average Bonchev–Trinajstić information content (AvgIpc) is 3.53. The number of furan rings is 1. The Morgan fingerprint density at radius 1 is 1.05 bits per heavy atom. The number of rotatable bonds is 8. The van der Waals surface area contributed by atoms with Crippen molar-refractivity contribution in [3.63, 3.8) is 0 Å². The smallest absolute Gasteiger partial charge is 0.265 e. The molecule has 0 radical (unpaired) electrons. The Hall–Kier alpha value is -4.24. The molecule has 0 aliphatic heterocycles. The van der Waals surface area contributed by atoms with Crippen molar-refractivity contribution in [1.82, 2.24) is 14.5 Å². The van der Waals surface area contributed by atoms with Gasteiger partial charge in [0.25, 0.3) is 11.5 Å². The summed E-state index contributed by atoms with van der Waals surface area (Å²) in [5, 5.41) is 0.408. The van der Waals surface area contributed by atoms with E-state index in [1.54, 1.807) is 36.3 Å². The lowest BCUT2D eigenvalue weighted by atomic mass is 10.1. The molecular formula is C29H27FN4O3S. The van der Waals surface area contributed by atoms with Gasteiger partial charge in [0.15, 0.2) is 0 Å². The van der Waals surface area contributed by atoms with Crippen LogP contribution in [0.1, 0.15) is 32.1 Å². The van der Waals surface area contributed by atoms with E-state index in [2.05, 4.69) is 4.98 Å². The Morgan fingerprint density at radius 3 is 2.53 bits per heavy atom. The van der Waals surface area contributed by atoms with E-state index in [0.717, 1.165) is 11.3 Å². The molecule has 0 aliphatic rings. The van der Waals surface area contributed by atoms with Crippen LogP contribution in [-0.2, 0) is 19.6 Å². The fourth-order valence-corrected chi connectivity index (χ4v) is 5.47. The Kier molecular flexibility index (Phi) is 7.11. The molecule has 38 heavy (non-hydrogen) atoms. The Labute approximate surface area is 223 Å². The van der Waals surface area contributed by atoms with E-state index in [-0.39, 0.29) is 30.4 Å². The largest absolute Gasteiger partial charge is 0.467 e. The molecule has 0 atom stereocenters. The van der Waals surface area contributed by atoms with E-state index in [1.807, 2.05) is 49.3 Å². The molecule has 0 N–H and O–H groups in total. The van der Waals surface area contributed by atoms with Crippen LogP contribution in [0.3, 0.4) is 0 Å². The third-order valence-electron chi connectivity index (χ3n) is 6.39. The summed E-state index contributed by atoms with van der Waals surface area (Å²) in [6.45, 7) is 2.62. The van der Waals surface area contributed by atoms with E-state index < -0.39 is 0 Å². The fraction of sp³-hybridized carbons (Fsp3) is 0.207. The molecule has 5 aromatic rings. The van der Waals surface area contributed by atoms with E-state index in [9.17, 15) is 14.0 Å². The molecule has 0 spiro atoms. The van der Waals surface area contributed by atoms with Gasteiger partial charge in [0, 0.05) is 26.3 Å². The molecular weight excluding hydrogens is 503 g/mol. The lowest BCUT2D eigenvalue weighted by Crippen LogP contribution is -2.30. The van der Waals surface area contributed by atoms with Crippen LogP contribution in [0.2, 0.25) is 0 Å². The number of carbonyl (C=O) groups excluding carboxylic acids is 1. The zero-order chi connectivity index (χ0) is 26.8. The van der Waals surface area contributed by atoms with Crippen LogP contribution in [0, 0.1) is 12.7 Å². The monoisotopic (exact) mass is 530 g/mol. The van der Waals surface area contributed by atoms with Crippen LogP contribution in [0.15, 0.2) is 82.5 Å². The molecule has 2 aromatic carbocycles. The lowest BCUT2D eigenvalue weighted by Gasteiger charge is -2.22. The van der Waals surface area contributed by atoms with Crippen molar-refractivity contribution < 1.29 is 13.6 Å². The molecule has 194 valence electrons. The third kappa shape index (κ3) is 5.24. The number of amides is 1. The maximum Gasteiger partial charge on any atom is 0.265 e. The number of aryl methyl sites for hydroxylation is 1. The minimum Gasteiger partial charge on any atom is -0.467 e. The molecule has 5 rings (SSSR count). The number of carbonyl (C=O) groups is 1. The molecule has 0 saturated carbocycles. The molecule has 7 nitrogen and oxygen atoms in total. The van der Waals surface area contributed by atoms with Crippen molar-refractivity contribution in [3.8, 4) is 0 Å². The molecule has 3 heterocycles. The van der Waals surface area contributed by atoms with E-state index >= 15 is 0 Å². The van der Waals surface area contributed by atoms with Crippen LogP contribution < -0.4 is 10.5 Å². The van der Waals surface area contributed by atoms with Gasteiger partial charge in [0.2, 0.25) is 0 Å². The Morgan fingerprint density at radius 2 is 1.84 bits per heavy atom. The van der Waals surface area contributed by atoms with Gasteiger partial charge >= 0.3 is 0 Å². The topological polar surface area (TPSA) is 71.6 Å². The number of nitrogens with zero attached hydrogens (tertiary/aromatic N) is 4. The second-order valence-corrected chi connectivity index (χ2v) is 10.3. The van der Waals surface area contributed by atoms with Gasteiger partial charge < -0.3 is 14.2 Å². The number of fused-ring (bicyclic) bond motifs is 1. The normalized spacial score (nSPS) is 11.2. The van der Waals surface area contributed by atoms with Gasteiger partial charge in [-0.1, -0.05) is 24.3 Å².